The van der Waals surface area contributed by atoms with Gasteiger partial charge in [-0.2, -0.15) is 0 Å². The fourth-order valence-corrected chi connectivity index (χ4v) is 2.73. The molecule has 4 heteroatoms. The zero-order chi connectivity index (χ0) is 13.9. The Kier molecular flexibility index (Phi) is 3.46. The molecule has 2 heterocycles. The van der Waals surface area contributed by atoms with Gasteiger partial charge < -0.3 is 4.90 Å². The molecule has 1 fully saturated rings. The minimum Gasteiger partial charge on any atom is -0.331 e. The van der Waals surface area contributed by atoms with Crippen LogP contribution in [-0.2, 0) is 0 Å². The van der Waals surface area contributed by atoms with Crippen molar-refractivity contribution >= 4 is 5.91 Å². The Labute approximate surface area is 117 Å². The predicted octanol–water partition coefficient (Wildman–Crippen LogP) is 3.20. The summed E-state index contributed by atoms with van der Waals surface area (Å²) in [7, 11) is 0. The summed E-state index contributed by atoms with van der Waals surface area (Å²) in [5, 5.41) is 0. The molecule has 1 saturated heterocycles. The lowest BCUT2D eigenvalue weighted by atomic mass is 10.0. The Morgan fingerprint density at radius 3 is 2.85 bits per heavy atom. The lowest BCUT2D eigenvalue weighted by molar-refractivity contribution is 0.0733. The van der Waals surface area contributed by atoms with E-state index in [1.807, 2.05) is 6.07 Å². The number of amides is 1. The molecular weight excluding hydrogens is 255 g/mol. The number of nitrogens with zero attached hydrogens (tertiary/aromatic N) is 2. The van der Waals surface area contributed by atoms with Crippen molar-refractivity contribution in [2.75, 3.05) is 6.54 Å². The van der Waals surface area contributed by atoms with Crippen LogP contribution in [0.1, 0.15) is 34.8 Å². The highest BCUT2D eigenvalue weighted by Gasteiger charge is 2.32. The molecule has 1 amide bonds. The average Bonchev–Trinajstić information content (AvgIpc) is 2.97. The monoisotopic (exact) mass is 270 g/mol. The van der Waals surface area contributed by atoms with E-state index in [2.05, 4.69) is 4.98 Å². The minimum absolute atomic E-state index is 0.0798. The van der Waals surface area contributed by atoms with Crippen LogP contribution in [0.15, 0.2) is 48.8 Å². The maximum absolute atomic E-state index is 13.9. The quantitative estimate of drug-likeness (QED) is 0.839. The Hall–Kier alpha value is -2.23. The molecule has 0 saturated carbocycles. The van der Waals surface area contributed by atoms with E-state index in [1.165, 1.54) is 6.07 Å². The summed E-state index contributed by atoms with van der Waals surface area (Å²) in [5.41, 5.74) is 1.15. The molecule has 20 heavy (non-hydrogen) atoms. The van der Waals surface area contributed by atoms with E-state index in [0.29, 0.717) is 17.7 Å². The summed E-state index contributed by atoms with van der Waals surface area (Å²) in [4.78, 5) is 18.2. The van der Waals surface area contributed by atoms with Gasteiger partial charge in [0.2, 0.25) is 0 Å². The van der Waals surface area contributed by atoms with Gasteiger partial charge in [-0.3, -0.25) is 9.78 Å². The van der Waals surface area contributed by atoms with E-state index in [9.17, 15) is 9.18 Å². The minimum atomic E-state index is -0.247. The second kappa shape index (κ2) is 5.41. The highest BCUT2D eigenvalue weighted by atomic mass is 19.1. The number of hydrogen-bond donors (Lipinski definition) is 0. The van der Waals surface area contributed by atoms with Gasteiger partial charge in [-0.25, -0.2) is 4.39 Å². The standard InChI is InChI=1S/C16H15FN2O/c17-14-7-2-1-6-13(14)15-8-4-10-19(15)16(20)12-5-3-9-18-11-12/h1-3,5-7,9,11,15H,4,8,10H2/t15-/m1/s1. The first-order valence-corrected chi connectivity index (χ1v) is 6.73. The number of likely N-dealkylation sites (tertiary alicyclic amines) is 1. The molecule has 1 aromatic carbocycles. The van der Waals surface area contributed by atoms with E-state index in [-0.39, 0.29) is 17.8 Å². The molecule has 0 bridgehead atoms. The normalized spacial score (nSPS) is 18.2. The van der Waals surface area contributed by atoms with Gasteiger partial charge in [-0.1, -0.05) is 18.2 Å². The topological polar surface area (TPSA) is 33.2 Å². The summed E-state index contributed by atoms with van der Waals surface area (Å²) in [6, 6.07) is 9.98. The number of aromatic nitrogens is 1. The lowest BCUT2D eigenvalue weighted by Crippen LogP contribution is -2.31. The fraction of sp³-hybridized carbons (Fsp3) is 0.250. The largest absolute Gasteiger partial charge is 0.331 e. The second-order valence-corrected chi connectivity index (χ2v) is 4.92. The number of rotatable bonds is 2. The molecule has 102 valence electrons. The molecule has 0 radical (unpaired) electrons. The Balaban J connectivity index is 1.90. The summed E-state index contributed by atoms with van der Waals surface area (Å²) in [5.74, 6) is -0.327. The van der Waals surface area contributed by atoms with Crippen LogP contribution in [0.3, 0.4) is 0 Å². The van der Waals surface area contributed by atoms with Crippen molar-refractivity contribution in [2.45, 2.75) is 18.9 Å². The molecule has 1 aliphatic rings. The Bertz CT molecular complexity index is 615. The molecule has 1 atom stereocenters. The third-order valence-corrected chi connectivity index (χ3v) is 3.69. The van der Waals surface area contributed by atoms with Crippen molar-refractivity contribution in [1.29, 1.82) is 0 Å². The number of benzene rings is 1. The van der Waals surface area contributed by atoms with Crippen LogP contribution in [0.2, 0.25) is 0 Å². The van der Waals surface area contributed by atoms with E-state index >= 15 is 0 Å². The smallest absolute Gasteiger partial charge is 0.255 e. The van der Waals surface area contributed by atoms with Crippen molar-refractivity contribution in [3.05, 3.63) is 65.7 Å². The van der Waals surface area contributed by atoms with Crippen LogP contribution in [0, 0.1) is 5.82 Å². The molecule has 3 nitrogen and oxygen atoms in total. The molecular formula is C16H15FN2O. The molecule has 0 unspecified atom stereocenters. The summed E-state index contributed by atoms with van der Waals surface area (Å²) < 4.78 is 13.9. The summed E-state index contributed by atoms with van der Waals surface area (Å²) in [6.07, 6.45) is 4.88. The van der Waals surface area contributed by atoms with E-state index in [1.54, 1.807) is 41.6 Å². The van der Waals surface area contributed by atoms with Gasteiger partial charge in [0.25, 0.3) is 5.91 Å². The highest BCUT2D eigenvalue weighted by molar-refractivity contribution is 5.94. The van der Waals surface area contributed by atoms with Gasteiger partial charge in [0, 0.05) is 24.5 Å². The third kappa shape index (κ3) is 2.29. The van der Waals surface area contributed by atoms with Crippen LogP contribution in [0.25, 0.3) is 0 Å². The van der Waals surface area contributed by atoms with Gasteiger partial charge in [0.05, 0.1) is 11.6 Å². The van der Waals surface area contributed by atoms with Crippen molar-refractivity contribution < 1.29 is 9.18 Å². The van der Waals surface area contributed by atoms with Crippen LogP contribution in [0.5, 0.6) is 0 Å². The van der Waals surface area contributed by atoms with E-state index in [0.717, 1.165) is 12.8 Å². The number of carbonyl (C=O) groups excluding carboxylic acids is 1. The molecule has 3 rings (SSSR count). The molecule has 1 aliphatic heterocycles. The predicted molar refractivity (Wildman–Crippen MR) is 73.6 cm³/mol. The Morgan fingerprint density at radius 1 is 1.25 bits per heavy atom. The second-order valence-electron chi connectivity index (χ2n) is 4.92. The average molecular weight is 270 g/mol. The number of pyridine rings is 1. The van der Waals surface area contributed by atoms with E-state index in [4.69, 9.17) is 0 Å². The number of hydrogen-bond acceptors (Lipinski definition) is 2. The van der Waals surface area contributed by atoms with Gasteiger partial charge in [0.15, 0.2) is 0 Å². The maximum Gasteiger partial charge on any atom is 0.255 e. The van der Waals surface area contributed by atoms with Gasteiger partial charge >= 0.3 is 0 Å². The first-order valence-electron chi connectivity index (χ1n) is 6.73. The number of halogens is 1. The molecule has 0 aliphatic carbocycles. The SMILES string of the molecule is O=C(c1cccnc1)N1CCC[C@@H]1c1ccccc1F. The van der Waals surface area contributed by atoms with Crippen molar-refractivity contribution in [1.82, 2.24) is 9.88 Å². The van der Waals surface area contributed by atoms with Crippen molar-refractivity contribution in [2.24, 2.45) is 0 Å². The van der Waals surface area contributed by atoms with Crippen molar-refractivity contribution in [3.63, 3.8) is 0 Å². The summed E-state index contributed by atoms with van der Waals surface area (Å²) >= 11 is 0. The third-order valence-electron chi connectivity index (χ3n) is 3.69. The van der Waals surface area contributed by atoms with Crippen LogP contribution < -0.4 is 0 Å². The highest BCUT2D eigenvalue weighted by Crippen LogP contribution is 2.34. The van der Waals surface area contributed by atoms with Gasteiger partial charge in [-0.15, -0.1) is 0 Å². The zero-order valence-electron chi connectivity index (χ0n) is 11.0. The molecule has 0 N–H and O–H groups in total. The first kappa shape index (κ1) is 12.8. The maximum atomic E-state index is 13.9. The lowest BCUT2D eigenvalue weighted by Gasteiger charge is -2.25. The van der Waals surface area contributed by atoms with Crippen molar-refractivity contribution in [3.8, 4) is 0 Å². The van der Waals surface area contributed by atoms with Gasteiger partial charge in [-0.05, 0) is 31.0 Å². The summed E-state index contributed by atoms with van der Waals surface area (Å²) in [6.45, 7) is 0.659. The Morgan fingerprint density at radius 2 is 2.10 bits per heavy atom. The first-order chi connectivity index (χ1) is 9.77. The van der Waals surface area contributed by atoms with Crippen LogP contribution in [0.4, 0.5) is 4.39 Å². The number of carbonyl (C=O) groups is 1. The van der Waals surface area contributed by atoms with E-state index < -0.39 is 0 Å². The zero-order valence-corrected chi connectivity index (χ0v) is 11.0. The molecule has 0 spiro atoms. The van der Waals surface area contributed by atoms with Gasteiger partial charge in [0.1, 0.15) is 5.82 Å². The molecule has 2 aromatic rings. The molecule has 1 aromatic heterocycles. The van der Waals surface area contributed by atoms with Crippen LogP contribution in [-0.4, -0.2) is 22.3 Å². The van der Waals surface area contributed by atoms with Crippen LogP contribution >= 0.6 is 0 Å². The fourth-order valence-electron chi connectivity index (χ4n) is 2.73.